The molecule has 3 nitrogen and oxygen atoms in total. The normalized spacial score (nSPS) is 13.6. The molecule has 0 saturated carbocycles. The average Bonchev–Trinajstić information content (AvgIpc) is 2.89. The van der Waals surface area contributed by atoms with Gasteiger partial charge in [-0.1, -0.05) is 19.9 Å². The minimum atomic E-state index is -4.42. The summed E-state index contributed by atoms with van der Waals surface area (Å²) in [6, 6.07) is 1.90. The molecule has 1 rings (SSSR count). The molecule has 1 heterocycles. The molecule has 0 aliphatic rings. The van der Waals surface area contributed by atoms with Gasteiger partial charge in [-0.3, -0.25) is 4.79 Å². The zero-order valence-corrected chi connectivity index (χ0v) is 12.3. The lowest BCUT2D eigenvalue weighted by Gasteiger charge is -2.33. The highest BCUT2D eigenvalue weighted by atomic mass is 32.1. The largest absolute Gasteiger partial charge is 0.406 e. The van der Waals surface area contributed by atoms with E-state index in [-0.39, 0.29) is 0 Å². The van der Waals surface area contributed by atoms with Gasteiger partial charge in [0.25, 0.3) is 0 Å². The van der Waals surface area contributed by atoms with Crippen molar-refractivity contribution in [3.8, 4) is 0 Å². The van der Waals surface area contributed by atoms with Crippen LogP contribution in [0, 0.1) is 0 Å². The molecule has 1 atom stereocenters. The van der Waals surface area contributed by atoms with E-state index in [1.807, 2.05) is 0 Å². The summed E-state index contributed by atoms with van der Waals surface area (Å²) in [5.74, 6) is -0.668. The smallest absolute Gasteiger partial charge is 0.329 e. The first-order valence-electron chi connectivity index (χ1n) is 6.46. The third-order valence-corrected chi connectivity index (χ3v) is 4.09. The van der Waals surface area contributed by atoms with Crippen LogP contribution >= 0.6 is 11.3 Å². The molecule has 0 fully saturated rings. The molecular formula is C13H19F3N2OS. The molecule has 0 aliphatic carbocycles. The topological polar surface area (TPSA) is 46.3 Å². The summed E-state index contributed by atoms with van der Waals surface area (Å²) in [7, 11) is 0. The van der Waals surface area contributed by atoms with E-state index in [4.69, 9.17) is 5.73 Å². The summed E-state index contributed by atoms with van der Waals surface area (Å²) in [6.45, 7) is 2.28. The van der Waals surface area contributed by atoms with Crippen molar-refractivity contribution in [1.29, 1.82) is 0 Å². The minimum Gasteiger partial charge on any atom is -0.329 e. The lowest BCUT2D eigenvalue weighted by Crippen LogP contribution is -2.48. The van der Waals surface area contributed by atoms with E-state index < -0.39 is 30.7 Å². The standard InChI is InChI=1S/C13H19F3N2OS/c1-3-9(4-2)18(8-13(14,15)16)12(19)11(17)10-6-5-7-20-10/h5-7,9,11H,3-4,8,17H2,1-2H3. The predicted molar refractivity (Wildman–Crippen MR) is 73.4 cm³/mol. The second-order valence-corrected chi connectivity index (χ2v) is 5.52. The third kappa shape index (κ3) is 4.49. The summed E-state index contributed by atoms with van der Waals surface area (Å²) in [6.07, 6.45) is -3.49. The van der Waals surface area contributed by atoms with Gasteiger partial charge < -0.3 is 10.6 Å². The van der Waals surface area contributed by atoms with Crippen LogP contribution in [0.25, 0.3) is 0 Å². The second-order valence-electron chi connectivity index (χ2n) is 4.54. The van der Waals surface area contributed by atoms with Gasteiger partial charge in [-0.2, -0.15) is 13.2 Å². The lowest BCUT2D eigenvalue weighted by molar-refractivity contribution is -0.167. The first-order valence-corrected chi connectivity index (χ1v) is 7.34. The Hall–Kier alpha value is -1.08. The third-order valence-electron chi connectivity index (χ3n) is 3.13. The quantitative estimate of drug-likeness (QED) is 0.876. The lowest BCUT2D eigenvalue weighted by atomic mass is 10.1. The Balaban J connectivity index is 2.94. The molecule has 20 heavy (non-hydrogen) atoms. The summed E-state index contributed by atoms with van der Waals surface area (Å²) >= 11 is 1.27. The fourth-order valence-corrected chi connectivity index (χ4v) is 2.80. The van der Waals surface area contributed by atoms with Crippen molar-refractivity contribution in [2.45, 2.75) is 44.9 Å². The summed E-state index contributed by atoms with van der Waals surface area (Å²) in [5.41, 5.74) is 5.80. The number of alkyl halides is 3. The van der Waals surface area contributed by atoms with Crippen molar-refractivity contribution in [1.82, 2.24) is 4.90 Å². The molecule has 1 unspecified atom stereocenters. The van der Waals surface area contributed by atoms with Gasteiger partial charge in [-0.15, -0.1) is 11.3 Å². The van der Waals surface area contributed by atoms with Crippen LogP contribution in [0.4, 0.5) is 13.2 Å². The number of rotatable bonds is 6. The van der Waals surface area contributed by atoms with Crippen molar-refractivity contribution in [3.63, 3.8) is 0 Å². The molecule has 0 radical (unpaired) electrons. The zero-order valence-electron chi connectivity index (χ0n) is 11.5. The Morgan fingerprint density at radius 3 is 2.40 bits per heavy atom. The van der Waals surface area contributed by atoms with Crippen molar-refractivity contribution in [3.05, 3.63) is 22.4 Å². The minimum absolute atomic E-state index is 0.449. The molecule has 0 saturated heterocycles. The van der Waals surface area contributed by atoms with E-state index in [9.17, 15) is 18.0 Å². The van der Waals surface area contributed by atoms with E-state index >= 15 is 0 Å². The Kier molecular flexibility index (Phi) is 6.01. The zero-order chi connectivity index (χ0) is 15.3. The van der Waals surface area contributed by atoms with E-state index in [2.05, 4.69) is 0 Å². The van der Waals surface area contributed by atoms with Gasteiger partial charge in [0, 0.05) is 10.9 Å². The maximum atomic E-state index is 12.7. The molecule has 1 amide bonds. The number of hydrogen-bond acceptors (Lipinski definition) is 3. The Labute approximate surface area is 120 Å². The van der Waals surface area contributed by atoms with E-state index in [1.54, 1.807) is 31.4 Å². The van der Waals surface area contributed by atoms with Crippen LogP contribution in [0.15, 0.2) is 17.5 Å². The van der Waals surface area contributed by atoms with E-state index in [0.717, 1.165) is 4.90 Å². The SMILES string of the molecule is CCC(CC)N(CC(F)(F)F)C(=O)C(N)c1cccs1. The van der Waals surface area contributed by atoms with Crippen LogP contribution in [-0.4, -0.2) is 29.6 Å². The van der Waals surface area contributed by atoms with Gasteiger partial charge >= 0.3 is 6.18 Å². The van der Waals surface area contributed by atoms with Gasteiger partial charge in [0.1, 0.15) is 12.6 Å². The van der Waals surface area contributed by atoms with Crippen molar-refractivity contribution >= 4 is 17.2 Å². The highest BCUT2D eigenvalue weighted by molar-refractivity contribution is 7.10. The monoisotopic (exact) mass is 308 g/mol. The van der Waals surface area contributed by atoms with Crippen LogP contribution < -0.4 is 5.73 Å². The Morgan fingerprint density at radius 2 is 2.00 bits per heavy atom. The molecule has 7 heteroatoms. The van der Waals surface area contributed by atoms with Crippen molar-refractivity contribution in [2.75, 3.05) is 6.54 Å². The molecule has 0 bridgehead atoms. The van der Waals surface area contributed by atoms with E-state index in [1.165, 1.54) is 11.3 Å². The molecule has 0 aromatic carbocycles. The van der Waals surface area contributed by atoms with E-state index in [0.29, 0.717) is 17.7 Å². The molecule has 1 aromatic heterocycles. The summed E-state index contributed by atoms with van der Waals surface area (Å²) < 4.78 is 38.0. The maximum absolute atomic E-state index is 12.7. The number of amides is 1. The second kappa shape index (κ2) is 7.08. The first-order chi connectivity index (χ1) is 9.30. The van der Waals surface area contributed by atoms with Crippen molar-refractivity contribution < 1.29 is 18.0 Å². The number of nitrogens with two attached hydrogens (primary N) is 1. The number of carbonyl (C=O) groups excluding carboxylic acids is 1. The highest BCUT2D eigenvalue weighted by Gasteiger charge is 2.37. The van der Waals surface area contributed by atoms with Crippen LogP contribution in [-0.2, 0) is 4.79 Å². The summed E-state index contributed by atoms with van der Waals surface area (Å²) in [5, 5.41) is 1.74. The van der Waals surface area contributed by atoms with Crippen LogP contribution in [0.3, 0.4) is 0 Å². The number of hydrogen-bond donors (Lipinski definition) is 1. The molecule has 0 aliphatic heterocycles. The number of carbonyl (C=O) groups is 1. The molecule has 0 spiro atoms. The van der Waals surface area contributed by atoms with Crippen LogP contribution in [0.1, 0.15) is 37.6 Å². The molecule has 2 N–H and O–H groups in total. The summed E-state index contributed by atoms with van der Waals surface area (Å²) in [4.78, 5) is 13.7. The van der Waals surface area contributed by atoms with Crippen LogP contribution in [0.2, 0.25) is 0 Å². The Morgan fingerprint density at radius 1 is 1.40 bits per heavy atom. The average molecular weight is 308 g/mol. The fraction of sp³-hybridized carbons (Fsp3) is 0.615. The number of halogens is 3. The van der Waals surface area contributed by atoms with Crippen LogP contribution in [0.5, 0.6) is 0 Å². The predicted octanol–water partition coefficient (Wildman–Crippen LogP) is 3.33. The molecular weight excluding hydrogens is 289 g/mol. The van der Waals surface area contributed by atoms with Crippen molar-refractivity contribution in [2.24, 2.45) is 5.73 Å². The number of thiophene rings is 1. The fourth-order valence-electron chi connectivity index (χ4n) is 2.08. The first kappa shape index (κ1) is 17.0. The van der Waals surface area contributed by atoms with Gasteiger partial charge in [0.2, 0.25) is 5.91 Å². The Bertz CT molecular complexity index is 416. The van der Waals surface area contributed by atoms with Gasteiger partial charge in [-0.25, -0.2) is 0 Å². The van der Waals surface area contributed by atoms with Gasteiger partial charge in [0.15, 0.2) is 0 Å². The van der Waals surface area contributed by atoms with Gasteiger partial charge in [0.05, 0.1) is 0 Å². The molecule has 1 aromatic rings. The van der Waals surface area contributed by atoms with Gasteiger partial charge in [-0.05, 0) is 24.3 Å². The maximum Gasteiger partial charge on any atom is 0.406 e. The number of nitrogens with zero attached hydrogens (tertiary/aromatic N) is 1. The molecule has 114 valence electrons. The highest BCUT2D eigenvalue weighted by Crippen LogP contribution is 2.25.